The molecule has 2 unspecified atom stereocenters. The van der Waals surface area contributed by atoms with E-state index in [1.54, 1.807) is 0 Å². The Balaban J connectivity index is 1.88. The molecule has 0 bridgehead atoms. The number of aliphatic hydroxyl groups is 1. The third-order valence-electron chi connectivity index (χ3n) is 4.20. The van der Waals surface area contributed by atoms with Crippen molar-refractivity contribution >= 4 is 0 Å². The summed E-state index contributed by atoms with van der Waals surface area (Å²) in [6.07, 6.45) is 5.54. The van der Waals surface area contributed by atoms with E-state index < -0.39 is 0 Å². The van der Waals surface area contributed by atoms with E-state index in [2.05, 4.69) is 12.2 Å². The topological polar surface area (TPSA) is 41.5 Å². The standard InChI is InChI=1S/C12H23NO2/c1-3-15-11-7-10(13-9(2)8-14)12(11)5-4-6-12/h9-11,13-14H,3-8H2,1-2H3/t9-,10?,11?/m0/s1. The number of hydrogen-bond acceptors (Lipinski definition) is 3. The summed E-state index contributed by atoms with van der Waals surface area (Å²) in [5, 5.41) is 12.6. The molecule has 3 nitrogen and oxygen atoms in total. The van der Waals surface area contributed by atoms with Crippen LogP contribution >= 0.6 is 0 Å². The number of nitrogens with one attached hydrogen (secondary N) is 1. The number of rotatable bonds is 5. The van der Waals surface area contributed by atoms with Crippen LogP contribution in [0.4, 0.5) is 0 Å². The predicted molar refractivity (Wildman–Crippen MR) is 59.8 cm³/mol. The molecule has 0 aliphatic heterocycles. The van der Waals surface area contributed by atoms with E-state index in [1.165, 1.54) is 19.3 Å². The van der Waals surface area contributed by atoms with Crippen LogP contribution in [-0.4, -0.2) is 36.5 Å². The van der Waals surface area contributed by atoms with Gasteiger partial charge in [0.1, 0.15) is 0 Å². The molecule has 2 N–H and O–H groups in total. The number of ether oxygens (including phenoxy) is 1. The quantitative estimate of drug-likeness (QED) is 0.723. The van der Waals surface area contributed by atoms with Crippen molar-refractivity contribution in [1.82, 2.24) is 5.32 Å². The smallest absolute Gasteiger partial charge is 0.0661 e. The van der Waals surface area contributed by atoms with E-state index in [-0.39, 0.29) is 12.6 Å². The first-order valence-corrected chi connectivity index (χ1v) is 6.21. The molecule has 0 aromatic rings. The van der Waals surface area contributed by atoms with Gasteiger partial charge in [-0.25, -0.2) is 0 Å². The third kappa shape index (κ3) is 1.81. The highest BCUT2D eigenvalue weighted by Gasteiger charge is 2.58. The van der Waals surface area contributed by atoms with Crippen molar-refractivity contribution in [3.8, 4) is 0 Å². The van der Waals surface area contributed by atoms with Crippen LogP contribution in [0.25, 0.3) is 0 Å². The molecule has 0 aromatic carbocycles. The van der Waals surface area contributed by atoms with Gasteiger partial charge in [-0.2, -0.15) is 0 Å². The van der Waals surface area contributed by atoms with E-state index in [4.69, 9.17) is 9.84 Å². The van der Waals surface area contributed by atoms with Crippen molar-refractivity contribution < 1.29 is 9.84 Å². The Hall–Kier alpha value is -0.120. The average Bonchev–Trinajstić information content (AvgIpc) is 2.13. The average molecular weight is 213 g/mol. The molecular weight excluding hydrogens is 190 g/mol. The van der Waals surface area contributed by atoms with Gasteiger partial charge in [0.05, 0.1) is 12.7 Å². The molecule has 15 heavy (non-hydrogen) atoms. The molecule has 1 spiro atoms. The fourth-order valence-corrected chi connectivity index (χ4v) is 3.07. The lowest BCUT2D eigenvalue weighted by atomic mass is 9.51. The minimum Gasteiger partial charge on any atom is -0.395 e. The highest BCUT2D eigenvalue weighted by molar-refractivity contribution is 5.12. The fourth-order valence-electron chi connectivity index (χ4n) is 3.07. The van der Waals surface area contributed by atoms with Crippen molar-refractivity contribution in [3.63, 3.8) is 0 Å². The summed E-state index contributed by atoms with van der Waals surface area (Å²) >= 11 is 0. The molecule has 2 aliphatic rings. The summed E-state index contributed by atoms with van der Waals surface area (Å²) < 4.78 is 5.78. The van der Waals surface area contributed by atoms with Crippen LogP contribution in [0.2, 0.25) is 0 Å². The van der Waals surface area contributed by atoms with Gasteiger partial charge in [0, 0.05) is 24.1 Å². The molecule has 2 fully saturated rings. The van der Waals surface area contributed by atoms with Gasteiger partial charge in [-0.05, 0) is 33.1 Å². The Kier molecular flexibility index (Phi) is 3.33. The maximum atomic E-state index is 9.04. The zero-order chi connectivity index (χ0) is 10.9. The van der Waals surface area contributed by atoms with Crippen molar-refractivity contribution in [2.24, 2.45) is 5.41 Å². The molecule has 3 atom stereocenters. The van der Waals surface area contributed by atoms with Crippen molar-refractivity contribution in [3.05, 3.63) is 0 Å². The van der Waals surface area contributed by atoms with Crippen LogP contribution in [0.5, 0.6) is 0 Å². The lowest BCUT2D eigenvalue weighted by molar-refractivity contribution is -0.175. The molecule has 0 aromatic heterocycles. The van der Waals surface area contributed by atoms with Gasteiger partial charge in [-0.1, -0.05) is 6.42 Å². The summed E-state index contributed by atoms with van der Waals surface area (Å²) in [5.74, 6) is 0. The molecule has 0 amide bonds. The number of aliphatic hydroxyl groups excluding tert-OH is 1. The molecule has 2 rings (SSSR count). The number of hydrogen-bond donors (Lipinski definition) is 2. The van der Waals surface area contributed by atoms with Gasteiger partial charge in [0.25, 0.3) is 0 Å². The molecule has 0 saturated heterocycles. The molecule has 88 valence electrons. The van der Waals surface area contributed by atoms with Gasteiger partial charge >= 0.3 is 0 Å². The van der Waals surface area contributed by atoms with Gasteiger partial charge in [0.15, 0.2) is 0 Å². The Labute approximate surface area is 92.2 Å². The maximum Gasteiger partial charge on any atom is 0.0661 e. The summed E-state index contributed by atoms with van der Waals surface area (Å²) in [5.41, 5.74) is 0.416. The van der Waals surface area contributed by atoms with E-state index in [1.807, 2.05) is 6.92 Å². The van der Waals surface area contributed by atoms with E-state index in [0.717, 1.165) is 13.0 Å². The van der Waals surface area contributed by atoms with Crippen LogP contribution in [0.3, 0.4) is 0 Å². The van der Waals surface area contributed by atoms with Crippen molar-refractivity contribution in [2.45, 2.75) is 57.7 Å². The second kappa shape index (κ2) is 4.40. The first-order chi connectivity index (χ1) is 7.23. The largest absolute Gasteiger partial charge is 0.395 e. The molecule has 2 saturated carbocycles. The summed E-state index contributed by atoms with van der Waals surface area (Å²) in [6.45, 7) is 5.17. The Morgan fingerprint density at radius 2 is 2.27 bits per heavy atom. The fraction of sp³-hybridized carbons (Fsp3) is 1.00. The van der Waals surface area contributed by atoms with E-state index >= 15 is 0 Å². The Bertz CT molecular complexity index is 216. The second-order valence-corrected chi connectivity index (χ2v) is 5.07. The highest BCUT2D eigenvalue weighted by atomic mass is 16.5. The lowest BCUT2D eigenvalue weighted by Gasteiger charge is -2.61. The highest BCUT2D eigenvalue weighted by Crippen LogP contribution is 2.57. The summed E-state index contributed by atoms with van der Waals surface area (Å²) in [7, 11) is 0. The van der Waals surface area contributed by atoms with Crippen LogP contribution in [-0.2, 0) is 4.74 Å². The van der Waals surface area contributed by atoms with Gasteiger partial charge in [0.2, 0.25) is 0 Å². The minimum atomic E-state index is 0.218. The predicted octanol–water partition coefficient (Wildman–Crippen LogP) is 1.30. The summed E-state index contributed by atoms with van der Waals surface area (Å²) in [6, 6.07) is 0.792. The molecule has 3 heteroatoms. The molecule has 0 heterocycles. The summed E-state index contributed by atoms with van der Waals surface area (Å²) in [4.78, 5) is 0. The zero-order valence-corrected chi connectivity index (χ0v) is 9.83. The lowest BCUT2D eigenvalue weighted by Crippen LogP contribution is -2.68. The van der Waals surface area contributed by atoms with Crippen LogP contribution in [0.1, 0.15) is 39.5 Å². The first-order valence-electron chi connectivity index (χ1n) is 6.21. The third-order valence-corrected chi connectivity index (χ3v) is 4.20. The van der Waals surface area contributed by atoms with E-state index in [9.17, 15) is 0 Å². The second-order valence-electron chi connectivity index (χ2n) is 5.07. The monoisotopic (exact) mass is 213 g/mol. The van der Waals surface area contributed by atoms with Gasteiger partial charge in [-0.15, -0.1) is 0 Å². The molecular formula is C12H23NO2. The Morgan fingerprint density at radius 1 is 1.53 bits per heavy atom. The zero-order valence-electron chi connectivity index (χ0n) is 9.83. The minimum absolute atomic E-state index is 0.218. The Morgan fingerprint density at radius 3 is 2.73 bits per heavy atom. The first kappa shape index (κ1) is 11.4. The SMILES string of the molecule is CCOC1CC(N[C@@H](C)CO)C12CCC2. The van der Waals surface area contributed by atoms with Crippen LogP contribution < -0.4 is 5.32 Å². The van der Waals surface area contributed by atoms with Crippen molar-refractivity contribution in [2.75, 3.05) is 13.2 Å². The van der Waals surface area contributed by atoms with E-state index in [0.29, 0.717) is 17.6 Å². The normalized spacial score (nSPS) is 34.6. The van der Waals surface area contributed by atoms with Crippen LogP contribution in [0.15, 0.2) is 0 Å². The van der Waals surface area contributed by atoms with Gasteiger partial charge in [-0.3, -0.25) is 0 Å². The van der Waals surface area contributed by atoms with Crippen LogP contribution in [0, 0.1) is 5.41 Å². The van der Waals surface area contributed by atoms with Gasteiger partial charge < -0.3 is 15.2 Å². The molecule has 2 aliphatic carbocycles. The van der Waals surface area contributed by atoms with Crippen molar-refractivity contribution in [1.29, 1.82) is 0 Å². The maximum absolute atomic E-state index is 9.04. The molecule has 0 radical (unpaired) electrons.